The fraction of sp³-hybridized carbons (Fsp3) is 0.391. The van der Waals surface area contributed by atoms with Gasteiger partial charge in [-0.05, 0) is 42.7 Å². The monoisotopic (exact) mass is 394 g/mol. The lowest BCUT2D eigenvalue weighted by Gasteiger charge is -2.33. The normalized spacial score (nSPS) is 14.4. The highest BCUT2D eigenvalue weighted by molar-refractivity contribution is 5.89. The van der Waals surface area contributed by atoms with E-state index in [0.717, 1.165) is 16.9 Å². The van der Waals surface area contributed by atoms with E-state index >= 15 is 0 Å². The minimum Gasteiger partial charge on any atom is -0.378 e. The van der Waals surface area contributed by atoms with Gasteiger partial charge < -0.3 is 20.0 Å². The number of anilines is 2. The minimum atomic E-state index is -0.101. The van der Waals surface area contributed by atoms with Crippen molar-refractivity contribution in [2.75, 3.05) is 44.4 Å². The Morgan fingerprint density at radius 1 is 0.966 bits per heavy atom. The van der Waals surface area contributed by atoms with E-state index in [1.165, 1.54) is 0 Å². The van der Waals surface area contributed by atoms with Crippen molar-refractivity contribution < 1.29 is 9.59 Å². The number of nitrogens with one attached hydrogen (secondary N) is 1. The van der Waals surface area contributed by atoms with Gasteiger partial charge in [-0.1, -0.05) is 30.3 Å². The Morgan fingerprint density at radius 2 is 1.59 bits per heavy atom. The largest absolute Gasteiger partial charge is 0.378 e. The molecule has 0 bridgehead atoms. The topological polar surface area (TPSA) is 55.9 Å². The second kappa shape index (κ2) is 9.45. The number of benzene rings is 2. The van der Waals surface area contributed by atoms with Gasteiger partial charge in [0.2, 0.25) is 5.91 Å². The zero-order chi connectivity index (χ0) is 20.8. The second-order valence-electron chi connectivity index (χ2n) is 7.81. The highest BCUT2D eigenvalue weighted by atomic mass is 16.2. The minimum absolute atomic E-state index is 0.0261. The van der Waals surface area contributed by atoms with E-state index in [2.05, 4.69) is 34.5 Å². The molecular weight excluding hydrogens is 364 g/mol. The van der Waals surface area contributed by atoms with E-state index < -0.39 is 0 Å². The van der Waals surface area contributed by atoms with Crippen molar-refractivity contribution in [2.24, 2.45) is 5.92 Å². The second-order valence-corrected chi connectivity index (χ2v) is 7.81. The van der Waals surface area contributed by atoms with E-state index in [1.54, 1.807) is 9.80 Å². The van der Waals surface area contributed by atoms with E-state index in [-0.39, 0.29) is 17.9 Å². The SMILES string of the molecule is CN(Cc1ccc(N(C)C)cc1)C(=O)C1CCN(C(=O)Nc2ccccc2)CC1. The number of piperidine rings is 1. The standard InChI is InChI=1S/C23H30N4O2/c1-25(2)21-11-9-18(10-12-21)17-26(3)22(28)19-13-15-27(16-14-19)23(29)24-20-7-5-4-6-8-20/h4-12,19H,13-17H2,1-3H3,(H,24,29). The smallest absolute Gasteiger partial charge is 0.321 e. The van der Waals surface area contributed by atoms with E-state index in [4.69, 9.17) is 0 Å². The summed E-state index contributed by atoms with van der Waals surface area (Å²) in [7, 11) is 5.88. The molecule has 29 heavy (non-hydrogen) atoms. The molecule has 0 unspecified atom stereocenters. The van der Waals surface area contributed by atoms with Crippen molar-refractivity contribution in [3.05, 3.63) is 60.2 Å². The Bertz CT molecular complexity index is 813. The van der Waals surface area contributed by atoms with Crippen LogP contribution in [0.25, 0.3) is 0 Å². The molecular formula is C23H30N4O2. The lowest BCUT2D eigenvalue weighted by atomic mass is 9.95. The molecule has 1 fully saturated rings. The average Bonchev–Trinajstić information content (AvgIpc) is 2.74. The maximum Gasteiger partial charge on any atom is 0.321 e. The molecule has 154 valence electrons. The fourth-order valence-electron chi connectivity index (χ4n) is 3.62. The van der Waals surface area contributed by atoms with E-state index in [0.29, 0.717) is 32.5 Å². The summed E-state index contributed by atoms with van der Waals surface area (Å²) in [6.07, 6.45) is 1.40. The van der Waals surface area contributed by atoms with E-state index in [1.807, 2.05) is 51.5 Å². The third-order valence-corrected chi connectivity index (χ3v) is 5.41. The molecule has 6 heteroatoms. The third-order valence-electron chi connectivity index (χ3n) is 5.41. The average molecular weight is 395 g/mol. The summed E-state index contributed by atoms with van der Waals surface area (Å²) < 4.78 is 0. The van der Waals surface area contributed by atoms with E-state index in [9.17, 15) is 9.59 Å². The van der Waals surface area contributed by atoms with Crippen LogP contribution in [0.4, 0.5) is 16.2 Å². The highest BCUT2D eigenvalue weighted by Crippen LogP contribution is 2.21. The number of hydrogen-bond donors (Lipinski definition) is 1. The number of rotatable bonds is 5. The Labute approximate surface area is 173 Å². The summed E-state index contributed by atoms with van der Waals surface area (Å²) in [6, 6.07) is 17.6. The van der Waals surface area contributed by atoms with Gasteiger partial charge in [0.05, 0.1) is 0 Å². The van der Waals surface area contributed by atoms with Crippen LogP contribution in [0.2, 0.25) is 0 Å². The fourth-order valence-corrected chi connectivity index (χ4v) is 3.62. The number of amides is 3. The maximum absolute atomic E-state index is 12.8. The number of carbonyl (C=O) groups is 2. The van der Waals surface area contributed by atoms with Crippen molar-refractivity contribution in [1.82, 2.24) is 9.80 Å². The quantitative estimate of drug-likeness (QED) is 0.842. The molecule has 2 aromatic rings. The van der Waals surface area contributed by atoms with Crippen molar-refractivity contribution in [3.8, 4) is 0 Å². The molecule has 6 nitrogen and oxygen atoms in total. The summed E-state index contributed by atoms with van der Waals surface area (Å²) in [5.74, 6) is 0.131. The summed E-state index contributed by atoms with van der Waals surface area (Å²) in [4.78, 5) is 30.9. The lowest BCUT2D eigenvalue weighted by molar-refractivity contribution is -0.136. The van der Waals surface area contributed by atoms with Crippen LogP contribution in [0.3, 0.4) is 0 Å². The van der Waals surface area contributed by atoms with Gasteiger partial charge in [0.25, 0.3) is 0 Å². The number of carbonyl (C=O) groups excluding carboxylic acids is 2. The van der Waals surface area contributed by atoms with Crippen LogP contribution in [-0.2, 0) is 11.3 Å². The number of urea groups is 1. The number of para-hydroxylation sites is 1. The molecule has 0 atom stereocenters. The first-order valence-electron chi connectivity index (χ1n) is 10.1. The predicted molar refractivity (Wildman–Crippen MR) is 117 cm³/mol. The molecule has 0 saturated carbocycles. The van der Waals surface area contributed by atoms with Crippen LogP contribution < -0.4 is 10.2 Å². The van der Waals surface area contributed by atoms with Gasteiger partial charge in [-0.25, -0.2) is 4.79 Å². The first kappa shape index (κ1) is 20.7. The molecule has 1 aliphatic rings. The van der Waals surface area contributed by atoms with Crippen molar-refractivity contribution >= 4 is 23.3 Å². The summed E-state index contributed by atoms with van der Waals surface area (Å²) in [5.41, 5.74) is 3.05. The molecule has 2 aromatic carbocycles. The number of likely N-dealkylation sites (tertiary alicyclic amines) is 1. The first-order chi connectivity index (χ1) is 13.9. The van der Waals surface area contributed by atoms with Gasteiger partial charge in [0, 0.05) is 58.1 Å². The van der Waals surface area contributed by atoms with Crippen molar-refractivity contribution in [3.63, 3.8) is 0 Å². The molecule has 3 amide bonds. The van der Waals surface area contributed by atoms with Crippen LogP contribution in [0.5, 0.6) is 0 Å². The van der Waals surface area contributed by atoms with Gasteiger partial charge >= 0.3 is 6.03 Å². The molecule has 1 aliphatic heterocycles. The molecule has 1 heterocycles. The van der Waals surface area contributed by atoms with Crippen LogP contribution in [0.15, 0.2) is 54.6 Å². The lowest BCUT2D eigenvalue weighted by Crippen LogP contribution is -2.44. The van der Waals surface area contributed by atoms with Gasteiger partial charge in [-0.2, -0.15) is 0 Å². The Kier molecular flexibility index (Phi) is 6.75. The molecule has 0 aromatic heterocycles. The third kappa shape index (κ3) is 5.50. The Morgan fingerprint density at radius 3 is 2.17 bits per heavy atom. The molecule has 1 saturated heterocycles. The van der Waals surface area contributed by atoms with Gasteiger partial charge in [-0.15, -0.1) is 0 Å². The highest BCUT2D eigenvalue weighted by Gasteiger charge is 2.29. The van der Waals surface area contributed by atoms with Crippen molar-refractivity contribution in [2.45, 2.75) is 19.4 Å². The number of nitrogens with zero attached hydrogens (tertiary/aromatic N) is 3. The van der Waals surface area contributed by atoms with Gasteiger partial charge in [0.1, 0.15) is 0 Å². The van der Waals surface area contributed by atoms with Gasteiger partial charge in [-0.3, -0.25) is 4.79 Å². The Balaban J connectivity index is 1.48. The molecule has 0 aliphatic carbocycles. The van der Waals surface area contributed by atoms with Crippen LogP contribution in [0.1, 0.15) is 18.4 Å². The summed E-state index contributed by atoms with van der Waals surface area (Å²) >= 11 is 0. The first-order valence-corrected chi connectivity index (χ1v) is 10.1. The zero-order valence-electron chi connectivity index (χ0n) is 17.5. The van der Waals surface area contributed by atoms with Gasteiger partial charge in [0.15, 0.2) is 0 Å². The van der Waals surface area contributed by atoms with Crippen LogP contribution >= 0.6 is 0 Å². The zero-order valence-corrected chi connectivity index (χ0v) is 17.5. The Hall–Kier alpha value is -3.02. The maximum atomic E-state index is 12.8. The van der Waals surface area contributed by atoms with Crippen LogP contribution in [0, 0.1) is 5.92 Å². The predicted octanol–water partition coefficient (Wildman–Crippen LogP) is 3.66. The molecule has 0 radical (unpaired) electrons. The van der Waals surface area contributed by atoms with Crippen LogP contribution in [-0.4, -0.2) is 56.0 Å². The number of hydrogen-bond acceptors (Lipinski definition) is 3. The summed E-state index contributed by atoms with van der Waals surface area (Å²) in [6.45, 7) is 1.79. The molecule has 3 rings (SSSR count). The molecule has 1 N–H and O–H groups in total. The molecule has 0 spiro atoms. The summed E-state index contributed by atoms with van der Waals surface area (Å²) in [5, 5.41) is 2.91. The van der Waals surface area contributed by atoms with Crippen molar-refractivity contribution in [1.29, 1.82) is 0 Å².